The molecule has 0 radical (unpaired) electrons. The van der Waals surface area contributed by atoms with Crippen molar-refractivity contribution in [1.29, 1.82) is 0 Å². The standard InChI is InChI=1S/C13H17F2N3O3/c1-8-2-3-9(18(20)21)10(12(8)19)11(13(14)15)17-6-4-16-5-7-17/h2-3,11,13,16,19H,4-7H2,1H3/t11-/m0/s1. The molecule has 2 rings (SSSR count). The van der Waals surface area contributed by atoms with Gasteiger partial charge in [-0.3, -0.25) is 15.0 Å². The Bertz CT molecular complexity index is 534. The average Bonchev–Trinajstić information content (AvgIpc) is 2.44. The molecule has 0 amide bonds. The van der Waals surface area contributed by atoms with Crippen molar-refractivity contribution in [3.63, 3.8) is 0 Å². The summed E-state index contributed by atoms with van der Waals surface area (Å²) in [6, 6.07) is 1.05. The maximum absolute atomic E-state index is 13.5. The lowest BCUT2D eigenvalue weighted by atomic mass is 9.98. The molecule has 2 N–H and O–H groups in total. The van der Waals surface area contributed by atoms with Crippen LogP contribution in [-0.2, 0) is 0 Å². The van der Waals surface area contributed by atoms with Crippen LogP contribution in [0.5, 0.6) is 5.75 Å². The number of nitro groups is 1. The molecule has 0 bridgehead atoms. The quantitative estimate of drug-likeness (QED) is 0.655. The molecule has 1 aromatic carbocycles. The topological polar surface area (TPSA) is 78.6 Å². The van der Waals surface area contributed by atoms with E-state index < -0.39 is 28.8 Å². The van der Waals surface area contributed by atoms with Gasteiger partial charge in [0.2, 0.25) is 0 Å². The summed E-state index contributed by atoms with van der Waals surface area (Å²) in [6.45, 7) is 3.29. The maximum Gasteiger partial charge on any atom is 0.278 e. The second kappa shape index (κ2) is 6.31. The number of nitro benzene ring substituents is 1. The Balaban J connectivity index is 2.53. The van der Waals surface area contributed by atoms with E-state index in [1.165, 1.54) is 24.0 Å². The van der Waals surface area contributed by atoms with Crippen molar-refractivity contribution in [1.82, 2.24) is 10.2 Å². The maximum atomic E-state index is 13.5. The Labute approximate surface area is 120 Å². The van der Waals surface area contributed by atoms with E-state index in [4.69, 9.17) is 0 Å². The number of alkyl halides is 2. The van der Waals surface area contributed by atoms with Crippen LogP contribution in [0.1, 0.15) is 17.2 Å². The highest BCUT2D eigenvalue weighted by atomic mass is 19.3. The van der Waals surface area contributed by atoms with Gasteiger partial charge in [0.15, 0.2) is 0 Å². The summed E-state index contributed by atoms with van der Waals surface area (Å²) in [6.07, 6.45) is -2.82. The molecule has 6 nitrogen and oxygen atoms in total. The monoisotopic (exact) mass is 301 g/mol. The summed E-state index contributed by atoms with van der Waals surface area (Å²) in [7, 11) is 0. The number of halogens is 2. The molecular weight excluding hydrogens is 284 g/mol. The summed E-state index contributed by atoms with van der Waals surface area (Å²) in [4.78, 5) is 11.9. The van der Waals surface area contributed by atoms with Crippen LogP contribution >= 0.6 is 0 Å². The van der Waals surface area contributed by atoms with Crippen LogP contribution in [0.3, 0.4) is 0 Å². The second-order valence-electron chi connectivity index (χ2n) is 4.99. The number of piperazine rings is 1. The summed E-state index contributed by atoms with van der Waals surface area (Å²) in [5, 5.41) is 24.3. The predicted molar refractivity (Wildman–Crippen MR) is 72.7 cm³/mol. The minimum atomic E-state index is -2.82. The van der Waals surface area contributed by atoms with Crippen molar-refractivity contribution in [2.45, 2.75) is 19.4 Å². The molecule has 1 aliphatic rings. The van der Waals surface area contributed by atoms with E-state index in [1.807, 2.05) is 0 Å². The van der Waals surface area contributed by atoms with E-state index in [-0.39, 0.29) is 5.56 Å². The third kappa shape index (κ3) is 3.11. The number of phenols is 1. The van der Waals surface area contributed by atoms with Crippen molar-refractivity contribution in [3.05, 3.63) is 33.4 Å². The molecule has 0 unspecified atom stereocenters. The van der Waals surface area contributed by atoms with Crippen LogP contribution in [0, 0.1) is 17.0 Å². The number of nitrogens with one attached hydrogen (secondary N) is 1. The molecule has 21 heavy (non-hydrogen) atoms. The molecule has 0 saturated carbocycles. The van der Waals surface area contributed by atoms with Crippen molar-refractivity contribution < 1.29 is 18.8 Å². The van der Waals surface area contributed by atoms with Gasteiger partial charge in [-0.15, -0.1) is 0 Å². The number of rotatable bonds is 4. The molecule has 0 aromatic heterocycles. The number of aryl methyl sites for hydroxylation is 1. The fourth-order valence-corrected chi connectivity index (χ4v) is 2.59. The Morgan fingerprint density at radius 3 is 2.52 bits per heavy atom. The van der Waals surface area contributed by atoms with Crippen molar-refractivity contribution >= 4 is 5.69 Å². The Kier molecular flexibility index (Phi) is 4.69. The molecule has 1 atom stereocenters. The molecule has 8 heteroatoms. The van der Waals surface area contributed by atoms with Gasteiger partial charge < -0.3 is 10.4 Å². The van der Waals surface area contributed by atoms with Crippen LogP contribution in [0.4, 0.5) is 14.5 Å². The van der Waals surface area contributed by atoms with Gasteiger partial charge in [-0.1, -0.05) is 0 Å². The number of hydrogen-bond acceptors (Lipinski definition) is 5. The van der Waals surface area contributed by atoms with Gasteiger partial charge in [0.1, 0.15) is 11.8 Å². The Morgan fingerprint density at radius 1 is 1.38 bits per heavy atom. The van der Waals surface area contributed by atoms with E-state index in [0.717, 1.165) is 0 Å². The zero-order valence-corrected chi connectivity index (χ0v) is 11.6. The van der Waals surface area contributed by atoms with Gasteiger partial charge in [0, 0.05) is 32.2 Å². The second-order valence-corrected chi connectivity index (χ2v) is 4.99. The number of benzene rings is 1. The molecule has 1 aliphatic heterocycles. The van der Waals surface area contributed by atoms with Crippen LogP contribution in [0.25, 0.3) is 0 Å². The number of aromatic hydroxyl groups is 1. The van der Waals surface area contributed by atoms with Gasteiger partial charge in [-0.05, 0) is 18.6 Å². The van der Waals surface area contributed by atoms with E-state index in [2.05, 4.69) is 5.32 Å². The van der Waals surface area contributed by atoms with Crippen molar-refractivity contribution in [2.24, 2.45) is 0 Å². The van der Waals surface area contributed by atoms with Gasteiger partial charge in [-0.25, -0.2) is 8.78 Å². The molecule has 1 saturated heterocycles. The number of nitrogens with zero attached hydrogens (tertiary/aromatic N) is 2. The Morgan fingerprint density at radius 2 is 2.00 bits per heavy atom. The first-order chi connectivity index (χ1) is 9.93. The van der Waals surface area contributed by atoms with E-state index in [0.29, 0.717) is 31.7 Å². The first-order valence-electron chi connectivity index (χ1n) is 6.63. The molecule has 0 spiro atoms. The highest BCUT2D eigenvalue weighted by Crippen LogP contribution is 2.41. The third-order valence-electron chi connectivity index (χ3n) is 3.67. The summed E-state index contributed by atoms with van der Waals surface area (Å²) in [5.41, 5.74) is -0.421. The molecular formula is C13H17F2N3O3. The minimum absolute atomic E-state index is 0.295. The molecule has 116 valence electrons. The number of phenolic OH excluding ortho intramolecular Hbond substituents is 1. The summed E-state index contributed by atoms with van der Waals surface area (Å²) in [5.74, 6) is -0.423. The fraction of sp³-hybridized carbons (Fsp3) is 0.538. The lowest BCUT2D eigenvalue weighted by Crippen LogP contribution is -2.47. The molecule has 1 heterocycles. The van der Waals surface area contributed by atoms with E-state index >= 15 is 0 Å². The predicted octanol–water partition coefficient (Wildman–Crippen LogP) is 1.82. The highest BCUT2D eigenvalue weighted by Gasteiger charge is 2.37. The lowest BCUT2D eigenvalue weighted by molar-refractivity contribution is -0.386. The fourth-order valence-electron chi connectivity index (χ4n) is 2.59. The first kappa shape index (κ1) is 15.6. The molecule has 1 fully saturated rings. The zero-order valence-electron chi connectivity index (χ0n) is 11.6. The minimum Gasteiger partial charge on any atom is -0.507 e. The SMILES string of the molecule is Cc1ccc([N+](=O)[O-])c([C@@H](C(F)F)N2CCNCC2)c1O. The Hall–Kier alpha value is -1.80. The van der Waals surface area contributed by atoms with Gasteiger partial charge in [-0.2, -0.15) is 0 Å². The van der Waals surface area contributed by atoms with Gasteiger partial charge in [0.05, 0.1) is 10.5 Å². The van der Waals surface area contributed by atoms with Crippen LogP contribution < -0.4 is 5.32 Å². The zero-order chi connectivity index (χ0) is 15.6. The lowest BCUT2D eigenvalue weighted by Gasteiger charge is -2.34. The van der Waals surface area contributed by atoms with Crippen LogP contribution in [-0.4, -0.2) is 47.5 Å². The van der Waals surface area contributed by atoms with E-state index in [1.54, 1.807) is 0 Å². The summed E-state index contributed by atoms with van der Waals surface area (Å²) < 4.78 is 27.1. The molecule has 1 aromatic rings. The smallest absolute Gasteiger partial charge is 0.278 e. The normalized spacial score (nSPS) is 17.9. The highest BCUT2D eigenvalue weighted by molar-refractivity contribution is 5.54. The largest absolute Gasteiger partial charge is 0.507 e. The first-order valence-corrected chi connectivity index (χ1v) is 6.63. The third-order valence-corrected chi connectivity index (χ3v) is 3.67. The van der Waals surface area contributed by atoms with Gasteiger partial charge >= 0.3 is 0 Å². The molecule has 0 aliphatic carbocycles. The van der Waals surface area contributed by atoms with Crippen LogP contribution in [0.2, 0.25) is 0 Å². The van der Waals surface area contributed by atoms with Gasteiger partial charge in [0.25, 0.3) is 12.1 Å². The summed E-state index contributed by atoms with van der Waals surface area (Å²) >= 11 is 0. The van der Waals surface area contributed by atoms with E-state index in [9.17, 15) is 24.0 Å². The number of hydrogen-bond donors (Lipinski definition) is 2. The average molecular weight is 301 g/mol. The van der Waals surface area contributed by atoms with Crippen molar-refractivity contribution in [3.8, 4) is 5.75 Å². The van der Waals surface area contributed by atoms with Crippen molar-refractivity contribution in [2.75, 3.05) is 26.2 Å². The van der Waals surface area contributed by atoms with Crippen LogP contribution in [0.15, 0.2) is 12.1 Å².